The molecule has 0 saturated heterocycles. The highest BCUT2D eigenvalue weighted by molar-refractivity contribution is 7.12. The lowest BCUT2D eigenvalue weighted by Gasteiger charge is -2.53. The van der Waals surface area contributed by atoms with Gasteiger partial charge in [0.1, 0.15) is 0 Å². The van der Waals surface area contributed by atoms with Crippen LogP contribution < -0.4 is 0 Å². The summed E-state index contributed by atoms with van der Waals surface area (Å²) in [6.07, 6.45) is 6.63. The molecule has 1 heterocycles. The van der Waals surface area contributed by atoms with Crippen LogP contribution in [0.4, 0.5) is 0 Å². The quantitative estimate of drug-likeness (QED) is 0.720. The van der Waals surface area contributed by atoms with Crippen molar-refractivity contribution in [2.24, 2.45) is 29.6 Å². The van der Waals surface area contributed by atoms with Crippen LogP contribution in [0.3, 0.4) is 0 Å². The smallest absolute Gasteiger partial charge is 0.177 e. The number of hydrogen-bond donors (Lipinski definition) is 0. The number of halogens is 1. The molecule has 0 aromatic carbocycles. The van der Waals surface area contributed by atoms with E-state index in [1.54, 1.807) is 0 Å². The van der Waals surface area contributed by atoms with E-state index in [0.29, 0.717) is 22.6 Å². The standard InChI is InChI=1S/C15H17ClOS/c16-12-1-2-18-15(12)14(17)13-10-4-8-3-9(6-10)7-11(13)5-8/h1-2,8-11,13H,3-7H2. The van der Waals surface area contributed by atoms with Crippen LogP contribution in [-0.4, -0.2) is 5.78 Å². The molecule has 5 rings (SSSR count). The number of carbonyl (C=O) groups excluding carboxylic acids is 1. The first-order chi connectivity index (χ1) is 8.72. The maximum Gasteiger partial charge on any atom is 0.177 e. The van der Waals surface area contributed by atoms with Crippen molar-refractivity contribution in [1.82, 2.24) is 0 Å². The Morgan fingerprint density at radius 1 is 1.11 bits per heavy atom. The van der Waals surface area contributed by atoms with Crippen LogP contribution in [0.5, 0.6) is 0 Å². The maximum atomic E-state index is 12.7. The van der Waals surface area contributed by atoms with Gasteiger partial charge in [-0.2, -0.15) is 0 Å². The SMILES string of the molecule is O=C(c1sccc1Cl)C1C2CC3CC(C2)CC1C3. The molecule has 4 fully saturated rings. The molecule has 0 unspecified atom stereocenters. The Bertz CT molecular complexity index is 464. The molecule has 0 amide bonds. The minimum atomic E-state index is 0.286. The van der Waals surface area contributed by atoms with Gasteiger partial charge in [0, 0.05) is 5.92 Å². The molecule has 0 aliphatic heterocycles. The first-order valence-electron chi connectivity index (χ1n) is 6.99. The number of carbonyl (C=O) groups is 1. The zero-order valence-electron chi connectivity index (χ0n) is 10.3. The fourth-order valence-corrected chi connectivity index (χ4v) is 6.11. The minimum absolute atomic E-state index is 0.286. The zero-order chi connectivity index (χ0) is 12.3. The maximum absolute atomic E-state index is 12.7. The van der Waals surface area contributed by atoms with E-state index in [1.165, 1.54) is 43.4 Å². The molecule has 0 radical (unpaired) electrons. The topological polar surface area (TPSA) is 17.1 Å². The summed E-state index contributed by atoms with van der Waals surface area (Å²) in [6.45, 7) is 0. The Hall–Kier alpha value is -0.340. The van der Waals surface area contributed by atoms with Crippen LogP contribution in [0.1, 0.15) is 41.8 Å². The van der Waals surface area contributed by atoms with E-state index < -0.39 is 0 Å². The van der Waals surface area contributed by atoms with Gasteiger partial charge in [-0.25, -0.2) is 0 Å². The molecule has 3 heteroatoms. The molecule has 4 aliphatic rings. The average molecular weight is 281 g/mol. The van der Waals surface area contributed by atoms with E-state index in [0.717, 1.165) is 16.7 Å². The van der Waals surface area contributed by atoms with Gasteiger partial charge >= 0.3 is 0 Å². The molecule has 1 aromatic heterocycles. The summed E-state index contributed by atoms with van der Waals surface area (Å²) >= 11 is 7.66. The van der Waals surface area contributed by atoms with Gasteiger partial charge in [-0.1, -0.05) is 11.6 Å². The lowest BCUT2D eigenvalue weighted by Crippen LogP contribution is -2.47. The van der Waals surface area contributed by atoms with Gasteiger partial charge in [0.2, 0.25) is 0 Å². The second kappa shape index (κ2) is 4.08. The number of Topliss-reactive ketones (excluding diaryl/α,β-unsaturated/α-hetero) is 1. The van der Waals surface area contributed by atoms with Gasteiger partial charge in [0.05, 0.1) is 9.90 Å². The monoisotopic (exact) mass is 280 g/mol. The normalized spacial score (nSPS) is 41.3. The third kappa shape index (κ3) is 1.61. The third-order valence-corrected chi connectivity index (χ3v) is 6.73. The molecule has 0 spiro atoms. The van der Waals surface area contributed by atoms with E-state index >= 15 is 0 Å². The minimum Gasteiger partial charge on any atom is -0.293 e. The van der Waals surface area contributed by atoms with Crippen molar-refractivity contribution in [3.63, 3.8) is 0 Å². The highest BCUT2D eigenvalue weighted by Gasteiger charge is 2.51. The van der Waals surface area contributed by atoms with E-state index in [1.807, 2.05) is 11.4 Å². The number of ketones is 1. The molecule has 1 aromatic rings. The van der Waals surface area contributed by atoms with Crippen molar-refractivity contribution in [3.05, 3.63) is 21.3 Å². The molecule has 4 saturated carbocycles. The van der Waals surface area contributed by atoms with Crippen molar-refractivity contribution in [2.75, 3.05) is 0 Å². The molecule has 0 N–H and O–H groups in total. The van der Waals surface area contributed by atoms with Crippen molar-refractivity contribution in [3.8, 4) is 0 Å². The van der Waals surface area contributed by atoms with Crippen molar-refractivity contribution in [1.29, 1.82) is 0 Å². The second-order valence-electron chi connectivity index (χ2n) is 6.42. The number of rotatable bonds is 2. The summed E-state index contributed by atoms with van der Waals surface area (Å²) in [7, 11) is 0. The fourth-order valence-electron chi connectivity index (χ4n) is 4.97. The molecule has 0 atom stereocenters. The van der Waals surface area contributed by atoms with Crippen molar-refractivity contribution >= 4 is 28.7 Å². The average Bonchev–Trinajstić information content (AvgIpc) is 2.73. The Balaban J connectivity index is 1.65. The van der Waals surface area contributed by atoms with Crippen LogP contribution >= 0.6 is 22.9 Å². The largest absolute Gasteiger partial charge is 0.293 e. The fraction of sp³-hybridized carbons (Fsp3) is 0.667. The summed E-state index contributed by atoms with van der Waals surface area (Å²) in [6, 6.07) is 1.86. The van der Waals surface area contributed by atoms with E-state index in [-0.39, 0.29) is 5.92 Å². The van der Waals surface area contributed by atoms with Gasteiger partial charge in [0.15, 0.2) is 5.78 Å². The highest BCUT2D eigenvalue weighted by atomic mass is 35.5. The summed E-state index contributed by atoms with van der Waals surface area (Å²) in [5, 5.41) is 2.60. The molecular weight excluding hydrogens is 264 g/mol. The molecule has 4 aliphatic carbocycles. The van der Waals surface area contributed by atoms with Gasteiger partial charge < -0.3 is 0 Å². The van der Waals surface area contributed by atoms with Crippen LogP contribution in [-0.2, 0) is 0 Å². The first-order valence-corrected chi connectivity index (χ1v) is 8.25. The van der Waals surface area contributed by atoms with Crippen LogP contribution in [0.15, 0.2) is 11.4 Å². The number of thiophene rings is 1. The van der Waals surface area contributed by atoms with Gasteiger partial charge in [0.25, 0.3) is 0 Å². The summed E-state index contributed by atoms with van der Waals surface area (Å²) in [5.74, 6) is 3.81. The van der Waals surface area contributed by atoms with Gasteiger partial charge in [-0.15, -0.1) is 11.3 Å². The summed E-state index contributed by atoms with van der Waals surface area (Å²) < 4.78 is 0. The van der Waals surface area contributed by atoms with Gasteiger partial charge in [-0.05, 0) is 67.2 Å². The van der Waals surface area contributed by atoms with Crippen LogP contribution in [0, 0.1) is 29.6 Å². The van der Waals surface area contributed by atoms with Crippen molar-refractivity contribution in [2.45, 2.75) is 32.1 Å². The molecule has 96 valence electrons. The third-order valence-electron chi connectivity index (χ3n) is 5.37. The summed E-state index contributed by atoms with van der Waals surface area (Å²) in [4.78, 5) is 13.6. The van der Waals surface area contributed by atoms with Crippen molar-refractivity contribution < 1.29 is 4.79 Å². The predicted octanol–water partition coefficient (Wildman–Crippen LogP) is 4.66. The molecular formula is C15H17ClOS. The lowest BCUT2D eigenvalue weighted by atomic mass is 9.51. The Morgan fingerprint density at radius 3 is 2.22 bits per heavy atom. The second-order valence-corrected chi connectivity index (χ2v) is 7.74. The Kier molecular flexibility index (Phi) is 2.60. The van der Waals surface area contributed by atoms with Gasteiger partial charge in [-0.3, -0.25) is 4.79 Å². The molecule has 18 heavy (non-hydrogen) atoms. The van der Waals surface area contributed by atoms with Crippen LogP contribution in [0.2, 0.25) is 5.02 Å². The zero-order valence-corrected chi connectivity index (χ0v) is 11.8. The Labute approximate surface area is 117 Å². The van der Waals surface area contributed by atoms with E-state index in [2.05, 4.69) is 0 Å². The van der Waals surface area contributed by atoms with E-state index in [4.69, 9.17) is 11.6 Å². The summed E-state index contributed by atoms with van der Waals surface area (Å²) in [5.41, 5.74) is 0. The molecule has 4 bridgehead atoms. The van der Waals surface area contributed by atoms with Crippen LogP contribution in [0.25, 0.3) is 0 Å². The first kappa shape index (κ1) is 11.5. The predicted molar refractivity (Wildman–Crippen MR) is 74.2 cm³/mol. The molecule has 1 nitrogen and oxygen atoms in total. The van der Waals surface area contributed by atoms with E-state index in [9.17, 15) is 4.79 Å². The number of hydrogen-bond acceptors (Lipinski definition) is 2. The Morgan fingerprint density at radius 2 is 1.72 bits per heavy atom. The lowest BCUT2D eigenvalue weighted by molar-refractivity contribution is -0.0249. The highest BCUT2D eigenvalue weighted by Crippen LogP contribution is 2.57.